The van der Waals surface area contributed by atoms with E-state index >= 15 is 0 Å². The number of aliphatic carboxylic acids is 1. The summed E-state index contributed by atoms with van der Waals surface area (Å²) in [5.74, 6) is -1.23. The van der Waals surface area contributed by atoms with Crippen molar-refractivity contribution in [2.24, 2.45) is 0 Å². The molecule has 0 aliphatic carbocycles. The fourth-order valence-electron chi connectivity index (χ4n) is 2.13. The largest absolute Gasteiger partial charge is 0.480 e. The third kappa shape index (κ3) is 2.13. The molecule has 1 heterocycles. The lowest BCUT2D eigenvalue weighted by molar-refractivity contribution is -0.150. The van der Waals surface area contributed by atoms with Crippen molar-refractivity contribution in [1.82, 2.24) is 4.90 Å². The number of carbonyl (C=O) groups excluding carboxylic acids is 1. The van der Waals surface area contributed by atoms with Crippen LogP contribution in [0.4, 0.5) is 0 Å². The molecule has 0 bridgehead atoms. The lowest BCUT2D eigenvalue weighted by Gasteiger charge is -2.34. The first-order valence-electron chi connectivity index (χ1n) is 5.27. The molecule has 0 aromatic heterocycles. The number of nitrogens with zero attached hydrogens (tertiary/aromatic N) is 1. The molecule has 0 radical (unpaired) electrons. The van der Waals surface area contributed by atoms with E-state index in [0.717, 1.165) is 11.1 Å². The van der Waals surface area contributed by atoms with Gasteiger partial charge in [-0.05, 0) is 17.2 Å². The highest BCUT2D eigenvalue weighted by atomic mass is 35.5. The smallest absolute Gasteiger partial charge is 0.326 e. The molecule has 4 nitrogen and oxygen atoms in total. The fraction of sp³-hybridized carbons (Fsp3) is 0.333. The number of fused-ring (bicyclic) bond motifs is 1. The van der Waals surface area contributed by atoms with Gasteiger partial charge >= 0.3 is 5.97 Å². The van der Waals surface area contributed by atoms with Gasteiger partial charge in [-0.25, -0.2) is 4.79 Å². The van der Waals surface area contributed by atoms with Crippen LogP contribution in [0.25, 0.3) is 0 Å². The molecule has 0 fully saturated rings. The molecular weight excluding hydrogens is 242 g/mol. The Hall–Kier alpha value is -1.55. The van der Waals surface area contributed by atoms with Crippen LogP contribution in [0.5, 0.6) is 0 Å². The van der Waals surface area contributed by atoms with Crippen molar-refractivity contribution in [3.8, 4) is 0 Å². The molecule has 1 aliphatic heterocycles. The van der Waals surface area contributed by atoms with Crippen molar-refractivity contribution in [2.45, 2.75) is 25.9 Å². The monoisotopic (exact) mass is 253 g/mol. The van der Waals surface area contributed by atoms with Crippen molar-refractivity contribution < 1.29 is 14.7 Å². The molecule has 90 valence electrons. The SMILES string of the molecule is CC(=O)N1Cc2cccc(Cl)c2C[C@H]1C(=O)O. The minimum Gasteiger partial charge on any atom is -0.480 e. The second-order valence-electron chi connectivity index (χ2n) is 4.08. The van der Waals surface area contributed by atoms with E-state index < -0.39 is 12.0 Å². The quantitative estimate of drug-likeness (QED) is 0.829. The van der Waals surface area contributed by atoms with Crippen LogP contribution in [0.3, 0.4) is 0 Å². The average molecular weight is 254 g/mol. The summed E-state index contributed by atoms with van der Waals surface area (Å²) in [6, 6.07) is 4.60. The summed E-state index contributed by atoms with van der Waals surface area (Å²) in [7, 11) is 0. The summed E-state index contributed by atoms with van der Waals surface area (Å²) in [5.41, 5.74) is 1.75. The normalized spacial score (nSPS) is 18.7. The fourth-order valence-corrected chi connectivity index (χ4v) is 2.40. The topological polar surface area (TPSA) is 57.6 Å². The summed E-state index contributed by atoms with van der Waals surface area (Å²) in [6.07, 6.45) is 0.268. The zero-order valence-electron chi connectivity index (χ0n) is 9.31. The van der Waals surface area contributed by atoms with Crippen molar-refractivity contribution in [2.75, 3.05) is 0 Å². The maximum absolute atomic E-state index is 11.4. The van der Waals surface area contributed by atoms with Gasteiger partial charge in [0.2, 0.25) is 5.91 Å². The van der Waals surface area contributed by atoms with E-state index in [1.807, 2.05) is 6.07 Å². The third-order valence-corrected chi connectivity index (χ3v) is 3.37. The number of carboxylic acids is 1. The molecule has 5 heteroatoms. The Morgan fingerprint density at radius 1 is 1.47 bits per heavy atom. The van der Waals surface area contributed by atoms with Crippen molar-refractivity contribution in [1.29, 1.82) is 0 Å². The van der Waals surface area contributed by atoms with Gasteiger partial charge < -0.3 is 10.0 Å². The highest BCUT2D eigenvalue weighted by Gasteiger charge is 2.33. The zero-order chi connectivity index (χ0) is 12.6. The minimum absolute atomic E-state index is 0.233. The minimum atomic E-state index is -0.995. The van der Waals surface area contributed by atoms with Gasteiger partial charge in [-0.2, -0.15) is 0 Å². The van der Waals surface area contributed by atoms with Gasteiger partial charge in [-0.1, -0.05) is 23.7 Å². The van der Waals surface area contributed by atoms with E-state index in [-0.39, 0.29) is 12.3 Å². The highest BCUT2D eigenvalue weighted by molar-refractivity contribution is 6.31. The summed E-state index contributed by atoms with van der Waals surface area (Å²) >= 11 is 6.04. The Morgan fingerprint density at radius 2 is 2.18 bits per heavy atom. The number of amides is 1. The average Bonchev–Trinajstić information content (AvgIpc) is 2.27. The third-order valence-electron chi connectivity index (χ3n) is 3.02. The molecule has 0 unspecified atom stereocenters. The first-order chi connectivity index (χ1) is 8.00. The predicted molar refractivity (Wildman–Crippen MR) is 62.8 cm³/mol. The van der Waals surface area contributed by atoms with Gasteiger partial charge in [0.25, 0.3) is 0 Å². The Balaban J connectivity index is 2.43. The lowest BCUT2D eigenvalue weighted by atomic mass is 9.94. The second-order valence-corrected chi connectivity index (χ2v) is 4.49. The number of halogens is 1. The summed E-state index contributed by atoms with van der Waals surface area (Å²) in [4.78, 5) is 24.0. The molecule has 1 aromatic carbocycles. The molecule has 0 saturated carbocycles. The van der Waals surface area contributed by atoms with Crippen LogP contribution >= 0.6 is 11.6 Å². The van der Waals surface area contributed by atoms with Crippen LogP contribution in [0, 0.1) is 0 Å². The number of carbonyl (C=O) groups is 2. The predicted octanol–water partition coefficient (Wildman–Crippen LogP) is 1.70. The summed E-state index contributed by atoms with van der Waals surface area (Å²) in [6.45, 7) is 1.69. The molecule has 1 atom stereocenters. The molecule has 17 heavy (non-hydrogen) atoms. The first-order valence-corrected chi connectivity index (χ1v) is 5.64. The van der Waals surface area contributed by atoms with Crippen LogP contribution in [0.1, 0.15) is 18.1 Å². The highest BCUT2D eigenvalue weighted by Crippen LogP contribution is 2.29. The second kappa shape index (κ2) is 4.37. The zero-order valence-corrected chi connectivity index (χ0v) is 10.1. The molecule has 1 aromatic rings. The van der Waals surface area contributed by atoms with Gasteiger partial charge in [-0.15, -0.1) is 0 Å². The van der Waals surface area contributed by atoms with E-state index in [9.17, 15) is 9.59 Å². The Bertz CT molecular complexity index is 487. The number of carboxylic acid groups (broad SMARTS) is 1. The first kappa shape index (κ1) is 11.9. The van der Waals surface area contributed by atoms with Crippen LogP contribution in [0.15, 0.2) is 18.2 Å². The van der Waals surface area contributed by atoms with E-state index in [4.69, 9.17) is 16.7 Å². The Labute approximate surface area is 104 Å². The number of hydrogen-bond acceptors (Lipinski definition) is 2. The van der Waals surface area contributed by atoms with Crippen molar-refractivity contribution in [3.63, 3.8) is 0 Å². The molecule has 0 spiro atoms. The molecule has 0 saturated heterocycles. The summed E-state index contributed by atoms with van der Waals surface area (Å²) in [5, 5.41) is 9.70. The van der Waals surface area contributed by atoms with Crippen molar-refractivity contribution in [3.05, 3.63) is 34.3 Å². The van der Waals surface area contributed by atoms with Gasteiger partial charge in [0.05, 0.1) is 0 Å². The maximum atomic E-state index is 11.4. The molecule has 1 amide bonds. The van der Waals surface area contributed by atoms with Gasteiger partial charge in [-0.3, -0.25) is 4.79 Å². The van der Waals surface area contributed by atoms with Crippen LogP contribution in [0.2, 0.25) is 5.02 Å². The van der Waals surface area contributed by atoms with E-state index in [1.165, 1.54) is 11.8 Å². The Kier molecular flexibility index (Phi) is 3.07. The maximum Gasteiger partial charge on any atom is 0.326 e. The number of benzene rings is 1. The van der Waals surface area contributed by atoms with Gasteiger partial charge in [0.1, 0.15) is 6.04 Å². The van der Waals surface area contributed by atoms with Crippen LogP contribution in [-0.2, 0) is 22.6 Å². The van der Waals surface area contributed by atoms with Gasteiger partial charge in [0, 0.05) is 24.9 Å². The van der Waals surface area contributed by atoms with Crippen molar-refractivity contribution >= 4 is 23.5 Å². The van der Waals surface area contributed by atoms with E-state index in [0.29, 0.717) is 11.6 Å². The molecule has 1 aliphatic rings. The number of rotatable bonds is 1. The molecule has 2 rings (SSSR count). The van der Waals surface area contributed by atoms with E-state index in [2.05, 4.69) is 0 Å². The van der Waals surface area contributed by atoms with Gasteiger partial charge in [0.15, 0.2) is 0 Å². The van der Waals surface area contributed by atoms with E-state index in [1.54, 1.807) is 12.1 Å². The van der Waals surface area contributed by atoms with Crippen LogP contribution in [-0.4, -0.2) is 27.9 Å². The standard InChI is InChI=1S/C12H12ClNO3/c1-7(15)14-6-8-3-2-4-10(13)9(8)5-11(14)12(16)17/h2-4,11H,5-6H2,1H3,(H,16,17)/t11-/m0/s1. The Morgan fingerprint density at radius 3 is 2.76 bits per heavy atom. The molecular formula is C12H12ClNO3. The molecule has 1 N–H and O–H groups in total. The number of hydrogen-bond donors (Lipinski definition) is 1. The van der Waals surface area contributed by atoms with Crippen LogP contribution < -0.4 is 0 Å². The summed E-state index contributed by atoms with van der Waals surface area (Å²) < 4.78 is 0. The lowest BCUT2D eigenvalue weighted by Crippen LogP contribution is -2.47.